The summed E-state index contributed by atoms with van der Waals surface area (Å²) in [6.07, 6.45) is -2.01. The summed E-state index contributed by atoms with van der Waals surface area (Å²) in [6.45, 7) is 7.60. The van der Waals surface area contributed by atoms with Gasteiger partial charge in [0.15, 0.2) is 0 Å². The number of alkyl halides is 3. The van der Waals surface area contributed by atoms with Crippen molar-refractivity contribution in [2.24, 2.45) is 11.3 Å². The van der Waals surface area contributed by atoms with Crippen molar-refractivity contribution in [3.63, 3.8) is 0 Å². The van der Waals surface area contributed by atoms with Crippen LogP contribution in [-0.2, 0) is 33.6 Å². The van der Waals surface area contributed by atoms with Crippen LogP contribution in [0.5, 0.6) is 0 Å². The molecule has 2 fully saturated rings. The largest absolute Gasteiger partial charge is 0.433 e. The van der Waals surface area contributed by atoms with Gasteiger partial charge >= 0.3 is 6.18 Å². The minimum Gasteiger partial charge on any atom is -0.338 e. The van der Waals surface area contributed by atoms with Crippen LogP contribution in [0.15, 0.2) is 24.4 Å². The smallest absolute Gasteiger partial charge is 0.338 e. The lowest BCUT2D eigenvalue weighted by Crippen LogP contribution is -2.32. The zero-order valence-electron chi connectivity index (χ0n) is 21.5. The molecule has 1 unspecified atom stereocenters. The molecular weight excluding hydrogens is 517 g/mol. The summed E-state index contributed by atoms with van der Waals surface area (Å²) in [5.41, 5.74) is 0.292. The number of thiophene rings is 1. The number of aryl methyl sites for hydroxylation is 1. The molecule has 2 saturated heterocycles. The monoisotopic (exact) mass is 544 g/mol. The van der Waals surface area contributed by atoms with E-state index in [0.717, 1.165) is 6.07 Å². The zero-order valence-corrected chi connectivity index (χ0v) is 22.3. The fraction of sp³-hybridized carbons (Fsp3) is 0.444. The lowest BCUT2D eigenvalue weighted by atomic mass is 9.82. The van der Waals surface area contributed by atoms with Gasteiger partial charge in [-0.15, -0.1) is 11.3 Å². The molecular formula is C27H27F3N4O3S. The Morgan fingerprint density at radius 3 is 2.50 bits per heavy atom. The number of aromatic nitrogens is 2. The number of likely N-dealkylation sites (tertiary alicyclic amines) is 2. The van der Waals surface area contributed by atoms with Crippen molar-refractivity contribution in [2.75, 3.05) is 6.54 Å². The van der Waals surface area contributed by atoms with Crippen LogP contribution in [0.3, 0.4) is 0 Å². The third-order valence-corrected chi connectivity index (χ3v) is 8.85. The summed E-state index contributed by atoms with van der Waals surface area (Å²) < 4.78 is 41.9. The molecule has 1 atom stereocenters. The van der Waals surface area contributed by atoms with Gasteiger partial charge in [-0.2, -0.15) is 13.2 Å². The van der Waals surface area contributed by atoms with E-state index in [2.05, 4.69) is 9.97 Å². The van der Waals surface area contributed by atoms with E-state index in [1.54, 1.807) is 44.7 Å². The SMILES string of the molecule is Cc1cc(C(F)(F)F)nc(-c2ccnc3cc(CN4C(=O)C(C)C(C)(C)C4=O)sc23)c1CN1CCCC1=O. The van der Waals surface area contributed by atoms with Crippen LogP contribution in [0, 0.1) is 18.3 Å². The molecule has 2 aliphatic heterocycles. The van der Waals surface area contributed by atoms with Gasteiger partial charge in [0.2, 0.25) is 17.7 Å². The first-order chi connectivity index (χ1) is 17.8. The topological polar surface area (TPSA) is 83.5 Å². The fourth-order valence-electron chi connectivity index (χ4n) is 5.06. The third-order valence-electron chi connectivity index (χ3n) is 7.71. The second kappa shape index (κ2) is 9.14. The molecule has 0 saturated carbocycles. The van der Waals surface area contributed by atoms with Crippen molar-refractivity contribution in [2.45, 2.75) is 59.8 Å². The summed E-state index contributed by atoms with van der Waals surface area (Å²) in [7, 11) is 0. The van der Waals surface area contributed by atoms with Crippen LogP contribution in [0.4, 0.5) is 13.2 Å². The number of carbonyl (C=O) groups excluding carboxylic acids is 3. The maximum absolute atomic E-state index is 13.8. The van der Waals surface area contributed by atoms with E-state index in [9.17, 15) is 27.6 Å². The molecule has 3 aromatic rings. The first-order valence-corrected chi connectivity index (χ1v) is 13.2. The van der Waals surface area contributed by atoms with Crippen molar-refractivity contribution in [3.05, 3.63) is 46.1 Å². The molecule has 2 aliphatic rings. The number of halogens is 3. The summed E-state index contributed by atoms with van der Waals surface area (Å²) in [5.74, 6) is -0.997. The second-order valence-electron chi connectivity index (χ2n) is 10.5. The van der Waals surface area contributed by atoms with Crippen molar-refractivity contribution in [3.8, 4) is 11.3 Å². The van der Waals surface area contributed by atoms with Crippen LogP contribution in [0.25, 0.3) is 21.5 Å². The van der Waals surface area contributed by atoms with E-state index in [-0.39, 0.29) is 36.5 Å². The Labute approximate surface area is 221 Å². The first-order valence-electron chi connectivity index (χ1n) is 12.4. The van der Waals surface area contributed by atoms with E-state index in [0.29, 0.717) is 51.2 Å². The molecule has 0 aliphatic carbocycles. The number of amides is 3. The quantitative estimate of drug-likeness (QED) is 0.405. The Balaban J connectivity index is 1.60. The number of hydrogen-bond donors (Lipinski definition) is 0. The Kier molecular flexibility index (Phi) is 6.32. The van der Waals surface area contributed by atoms with Gasteiger partial charge in [0, 0.05) is 47.6 Å². The van der Waals surface area contributed by atoms with Gasteiger partial charge in [-0.25, -0.2) is 4.98 Å². The molecule has 38 heavy (non-hydrogen) atoms. The van der Waals surface area contributed by atoms with Gasteiger partial charge < -0.3 is 4.90 Å². The Hall–Kier alpha value is -3.34. The fourth-order valence-corrected chi connectivity index (χ4v) is 6.18. The van der Waals surface area contributed by atoms with Gasteiger partial charge in [-0.05, 0) is 37.1 Å². The number of nitrogens with zero attached hydrogens (tertiary/aromatic N) is 4. The van der Waals surface area contributed by atoms with Crippen molar-refractivity contribution >= 4 is 39.3 Å². The number of hydrogen-bond acceptors (Lipinski definition) is 6. The number of rotatable bonds is 5. The highest BCUT2D eigenvalue weighted by Gasteiger charge is 2.51. The summed E-state index contributed by atoms with van der Waals surface area (Å²) in [5, 5.41) is 0. The van der Waals surface area contributed by atoms with Gasteiger partial charge in [-0.3, -0.25) is 24.3 Å². The van der Waals surface area contributed by atoms with Crippen LogP contribution in [-0.4, -0.2) is 44.0 Å². The van der Waals surface area contributed by atoms with Gasteiger partial charge in [0.05, 0.1) is 27.9 Å². The highest BCUT2D eigenvalue weighted by Crippen LogP contribution is 2.41. The van der Waals surface area contributed by atoms with E-state index in [1.165, 1.54) is 22.4 Å². The molecule has 5 heterocycles. The second-order valence-corrected chi connectivity index (χ2v) is 11.7. The number of fused-ring (bicyclic) bond motifs is 1. The maximum Gasteiger partial charge on any atom is 0.433 e. The molecule has 0 radical (unpaired) electrons. The average molecular weight is 545 g/mol. The minimum absolute atomic E-state index is 0.0365. The van der Waals surface area contributed by atoms with Crippen LogP contribution in [0.2, 0.25) is 0 Å². The van der Waals surface area contributed by atoms with Gasteiger partial charge in [0.25, 0.3) is 0 Å². The Bertz CT molecular complexity index is 1480. The highest BCUT2D eigenvalue weighted by molar-refractivity contribution is 7.19. The van der Waals surface area contributed by atoms with Crippen LogP contribution >= 0.6 is 11.3 Å². The van der Waals surface area contributed by atoms with E-state index in [4.69, 9.17) is 0 Å². The van der Waals surface area contributed by atoms with E-state index < -0.39 is 23.2 Å². The van der Waals surface area contributed by atoms with Gasteiger partial charge in [-0.1, -0.05) is 20.8 Å². The molecule has 0 bridgehead atoms. The van der Waals surface area contributed by atoms with E-state index in [1.807, 2.05) is 0 Å². The third kappa shape index (κ3) is 4.36. The molecule has 0 aromatic carbocycles. The predicted molar refractivity (Wildman–Crippen MR) is 136 cm³/mol. The van der Waals surface area contributed by atoms with Crippen LogP contribution in [0.1, 0.15) is 55.3 Å². The minimum atomic E-state index is -4.64. The zero-order chi connectivity index (χ0) is 27.6. The number of carbonyl (C=O) groups is 3. The lowest BCUT2D eigenvalue weighted by Gasteiger charge is -2.21. The van der Waals surface area contributed by atoms with Crippen molar-refractivity contribution in [1.82, 2.24) is 19.8 Å². The van der Waals surface area contributed by atoms with Crippen molar-refractivity contribution in [1.29, 1.82) is 0 Å². The molecule has 7 nitrogen and oxygen atoms in total. The first kappa shape index (κ1) is 26.3. The van der Waals surface area contributed by atoms with Crippen molar-refractivity contribution < 1.29 is 27.6 Å². The average Bonchev–Trinajstić information content (AvgIpc) is 3.49. The molecule has 0 spiro atoms. The normalized spacial score (nSPS) is 19.9. The summed E-state index contributed by atoms with van der Waals surface area (Å²) in [6, 6.07) is 4.40. The molecule has 0 N–H and O–H groups in total. The predicted octanol–water partition coefficient (Wildman–Crippen LogP) is 5.34. The highest BCUT2D eigenvalue weighted by atomic mass is 32.1. The maximum atomic E-state index is 13.8. The molecule has 3 amide bonds. The number of imide groups is 1. The van der Waals surface area contributed by atoms with E-state index >= 15 is 0 Å². The lowest BCUT2D eigenvalue weighted by molar-refractivity contribution is -0.142. The molecule has 3 aromatic heterocycles. The summed E-state index contributed by atoms with van der Waals surface area (Å²) in [4.78, 5) is 50.0. The molecule has 5 rings (SSSR count). The standard InChI is InChI=1S/C27H27F3N4O3S/c1-14-10-20(27(28,29)30)32-22(18(14)13-33-9-5-6-21(33)35)17-7-8-31-19-11-16(38-23(17)19)12-34-24(36)15(2)26(3,4)25(34)37/h7-8,10-11,15H,5-6,9,12-13H2,1-4H3. The van der Waals surface area contributed by atoms with Gasteiger partial charge in [0.1, 0.15) is 5.69 Å². The Morgan fingerprint density at radius 2 is 1.89 bits per heavy atom. The van der Waals surface area contributed by atoms with Crippen LogP contribution < -0.4 is 0 Å². The Morgan fingerprint density at radius 1 is 1.16 bits per heavy atom. The summed E-state index contributed by atoms with van der Waals surface area (Å²) >= 11 is 1.27. The molecule has 200 valence electrons. The molecule has 11 heteroatoms. The number of pyridine rings is 2.